The van der Waals surface area contributed by atoms with Crippen LogP contribution in [0.3, 0.4) is 0 Å². The van der Waals surface area contributed by atoms with Gasteiger partial charge in [0.25, 0.3) is 0 Å². The Morgan fingerprint density at radius 1 is 1.00 bits per heavy atom. The van der Waals surface area contributed by atoms with Crippen molar-refractivity contribution >= 4 is 11.8 Å². The van der Waals surface area contributed by atoms with E-state index < -0.39 is 18.3 Å². The van der Waals surface area contributed by atoms with Gasteiger partial charge in [-0.25, -0.2) is 0 Å². The summed E-state index contributed by atoms with van der Waals surface area (Å²) in [5.74, 6) is 1.83. The highest BCUT2D eigenvalue weighted by atomic mass is 19.4. The molecule has 8 unspecified atom stereocenters. The largest absolute Gasteiger partial charge is 0.403 e. The molecule has 8 atom stereocenters. The van der Waals surface area contributed by atoms with Crippen LogP contribution < -0.4 is 21.3 Å². The molecule has 176 valence electrons. The molecule has 4 aliphatic rings. The first-order chi connectivity index (χ1) is 14.7. The fraction of sp³-hybridized carbons (Fsp3) is 0.909. The monoisotopic (exact) mass is 444 g/mol. The molecule has 4 rings (SSSR count). The zero-order chi connectivity index (χ0) is 22.2. The van der Waals surface area contributed by atoms with Crippen molar-refractivity contribution in [2.45, 2.75) is 76.2 Å². The number of carbonyl (C=O) groups is 2. The van der Waals surface area contributed by atoms with Crippen LogP contribution >= 0.6 is 0 Å². The van der Waals surface area contributed by atoms with Crippen molar-refractivity contribution in [1.82, 2.24) is 21.3 Å². The summed E-state index contributed by atoms with van der Waals surface area (Å²) in [6.45, 7) is 3.92. The maximum Gasteiger partial charge on any atom is 0.403 e. The Labute approximate surface area is 181 Å². The van der Waals surface area contributed by atoms with Gasteiger partial charge in [0.2, 0.25) is 11.8 Å². The normalized spacial score (nSPS) is 41.7. The van der Waals surface area contributed by atoms with Gasteiger partial charge >= 0.3 is 6.18 Å². The van der Waals surface area contributed by atoms with Crippen molar-refractivity contribution in [3.63, 3.8) is 0 Å². The van der Waals surface area contributed by atoms with Crippen LogP contribution in [0, 0.1) is 29.6 Å². The molecule has 0 aromatic carbocycles. The van der Waals surface area contributed by atoms with E-state index in [-0.39, 0.29) is 36.7 Å². The molecule has 4 N–H and O–H groups in total. The molecule has 0 radical (unpaired) electrons. The van der Waals surface area contributed by atoms with Crippen molar-refractivity contribution in [3.8, 4) is 0 Å². The number of piperidine rings is 3. The average Bonchev–Trinajstić information content (AvgIpc) is 2.73. The van der Waals surface area contributed by atoms with Crippen molar-refractivity contribution in [3.05, 3.63) is 0 Å². The predicted molar refractivity (Wildman–Crippen MR) is 110 cm³/mol. The van der Waals surface area contributed by atoms with E-state index in [2.05, 4.69) is 28.2 Å². The van der Waals surface area contributed by atoms with Crippen molar-refractivity contribution in [1.29, 1.82) is 0 Å². The van der Waals surface area contributed by atoms with Gasteiger partial charge in [0, 0.05) is 18.5 Å². The molecule has 31 heavy (non-hydrogen) atoms. The fourth-order valence-electron chi connectivity index (χ4n) is 6.55. The zero-order valence-corrected chi connectivity index (χ0v) is 18.1. The molecular weight excluding hydrogens is 409 g/mol. The average molecular weight is 445 g/mol. The highest BCUT2D eigenvalue weighted by Crippen LogP contribution is 2.45. The van der Waals surface area contributed by atoms with Gasteiger partial charge < -0.3 is 21.3 Å². The molecule has 3 saturated heterocycles. The van der Waals surface area contributed by atoms with Crippen LogP contribution in [0.1, 0.15) is 51.9 Å². The van der Waals surface area contributed by atoms with E-state index in [1.54, 1.807) is 0 Å². The van der Waals surface area contributed by atoms with Crippen LogP contribution in [0.25, 0.3) is 0 Å². The van der Waals surface area contributed by atoms with Crippen LogP contribution in [0.5, 0.6) is 0 Å². The molecule has 3 heterocycles. The molecule has 0 bridgehead atoms. The van der Waals surface area contributed by atoms with Crippen LogP contribution in [0.4, 0.5) is 13.2 Å². The van der Waals surface area contributed by atoms with Gasteiger partial charge in [0.15, 0.2) is 0 Å². The van der Waals surface area contributed by atoms with Gasteiger partial charge in [-0.1, -0.05) is 13.3 Å². The number of carbonyl (C=O) groups excluding carboxylic acids is 2. The quantitative estimate of drug-likeness (QED) is 0.536. The summed E-state index contributed by atoms with van der Waals surface area (Å²) < 4.78 is 39.0. The van der Waals surface area contributed by atoms with Crippen LogP contribution in [0.2, 0.25) is 0 Å². The standard InChI is InChI=1S/C22H35F3N4O2/c1-12-9-18(21(31)29-13-5-7-26-19(10-13)22(23,24)25)28-11-17(12)14-3-2-4-16-15(14)6-8-27-20(16)30/h12-19,26,28H,2-11H2,1H3,(H,27,30)(H,29,31). The van der Waals surface area contributed by atoms with E-state index in [0.29, 0.717) is 36.5 Å². The molecule has 2 amide bonds. The lowest BCUT2D eigenvalue weighted by molar-refractivity contribution is -0.162. The summed E-state index contributed by atoms with van der Waals surface area (Å²) >= 11 is 0. The van der Waals surface area contributed by atoms with E-state index in [1.807, 2.05) is 0 Å². The number of alkyl halides is 3. The van der Waals surface area contributed by atoms with Crippen molar-refractivity contribution in [2.24, 2.45) is 29.6 Å². The number of rotatable bonds is 3. The fourth-order valence-corrected chi connectivity index (χ4v) is 6.55. The van der Waals surface area contributed by atoms with Gasteiger partial charge in [-0.3, -0.25) is 9.59 Å². The molecule has 1 aliphatic carbocycles. The lowest BCUT2D eigenvalue weighted by Crippen LogP contribution is -2.58. The molecule has 9 heteroatoms. The number of hydrogen-bond donors (Lipinski definition) is 4. The van der Waals surface area contributed by atoms with Crippen molar-refractivity contribution in [2.75, 3.05) is 19.6 Å². The summed E-state index contributed by atoms with van der Waals surface area (Å²) in [5.41, 5.74) is 0. The summed E-state index contributed by atoms with van der Waals surface area (Å²) in [4.78, 5) is 25.1. The Kier molecular flexibility index (Phi) is 6.82. The minimum atomic E-state index is -4.29. The number of nitrogens with one attached hydrogen (secondary N) is 4. The van der Waals surface area contributed by atoms with E-state index in [1.165, 1.54) is 0 Å². The Hall–Kier alpha value is -1.35. The third kappa shape index (κ3) is 5.02. The van der Waals surface area contributed by atoms with Gasteiger partial charge in [-0.15, -0.1) is 0 Å². The number of hydrogen-bond acceptors (Lipinski definition) is 4. The topological polar surface area (TPSA) is 82.3 Å². The maximum absolute atomic E-state index is 13.0. The van der Waals surface area contributed by atoms with E-state index in [0.717, 1.165) is 38.8 Å². The van der Waals surface area contributed by atoms with Gasteiger partial charge in [0.05, 0.1) is 6.04 Å². The number of amides is 2. The molecule has 0 aromatic rings. The van der Waals surface area contributed by atoms with Gasteiger partial charge in [-0.2, -0.15) is 13.2 Å². The minimum Gasteiger partial charge on any atom is -0.356 e. The Morgan fingerprint density at radius 2 is 1.81 bits per heavy atom. The summed E-state index contributed by atoms with van der Waals surface area (Å²) in [6, 6.07) is -2.37. The lowest BCUT2D eigenvalue weighted by Gasteiger charge is -2.48. The first-order valence-electron chi connectivity index (χ1n) is 11.9. The minimum absolute atomic E-state index is 0.118. The molecule has 1 saturated carbocycles. The zero-order valence-electron chi connectivity index (χ0n) is 18.1. The third-order valence-electron chi connectivity index (χ3n) is 8.18. The molecule has 3 aliphatic heterocycles. The summed E-state index contributed by atoms with van der Waals surface area (Å²) in [5, 5.41) is 11.7. The van der Waals surface area contributed by atoms with E-state index in [9.17, 15) is 22.8 Å². The van der Waals surface area contributed by atoms with Crippen LogP contribution in [-0.4, -0.2) is 55.8 Å². The van der Waals surface area contributed by atoms with Crippen molar-refractivity contribution < 1.29 is 22.8 Å². The SMILES string of the molecule is CC1CC(C(=O)NC2CCNC(C(F)(F)F)C2)NCC1C1CCCC2C(=O)NCCC21. The molecule has 4 fully saturated rings. The first kappa shape index (κ1) is 22.8. The highest BCUT2D eigenvalue weighted by Gasteiger charge is 2.46. The Morgan fingerprint density at radius 3 is 2.55 bits per heavy atom. The second kappa shape index (κ2) is 9.25. The van der Waals surface area contributed by atoms with Crippen LogP contribution in [0.15, 0.2) is 0 Å². The molecular formula is C22H35F3N4O2. The molecule has 0 spiro atoms. The highest BCUT2D eigenvalue weighted by molar-refractivity contribution is 5.82. The summed E-state index contributed by atoms with van der Waals surface area (Å²) in [7, 11) is 0. The second-order valence-corrected chi connectivity index (χ2v) is 10.1. The smallest absolute Gasteiger partial charge is 0.356 e. The lowest BCUT2D eigenvalue weighted by atomic mass is 9.61. The number of fused-ring (bicyclic) bond motifs is 1. The maximum atomic E-state index is 13.0. The van der Waals surface area contributed by atoms with Gasteiger partial charge in [-0.05, 0) is 75.3 Å². The second-order valence-electron chi connectivity index (χ2n) is 10.1. The molecule has 0 aromatic heterocycles. The Bertz CT molecular complexity index is 674. The predicted octanol–water partition coefficient (Wildman–Crippen LogP) is 1.95. The van der Waals surface area contributed by atoms with Gasteiger partial charge in [0.1, 0.15) is 6.04 Å². The first-order valence-corrected chi connectivity index (χ1v) is 11.9. The van der Waals surface area contributed by atoms with E-state index >= 15 is 0 Å². The summed E-state index contributed by atoms with van der Waals surface area (Å²) in [6.07, 6.45) is 1.00. The number of halogens is 3. The van der Waals surface area contributed by atoms with E-state index in [4.69, 9.17) is 0 Å². The Balaban J connectivity index is 1.31. The third-order valence-corrected chi connectivity index (χ3v) is 8.18. The molecule has 6 nitrogen and oxygen atoms in total. The van der Waals surface area contributed by atoms with Crippen LogP contribution in [-0.2, 0) is 9.59 Å².